The molecule has 0 aliphatic carbocycles. The molecule has 0 bridgehead atoms. The molecular formula is C6H13NO4S. The van der Waals surface area contributed by atoms with Gasteiger partial charge in [0.15, 0.2) is 0 Å². The van der Waals surface area contributed by atoms with Crippen LogP contribution in [0, 0.1) is 0 Å². The summed E-state index contributed by atoms with van der Waals surface area (Å²) in [6.07, 6.45) is 0.970. The van der Waals surface area contributed by atoms with Crippen molar-refractivity contribution >= 4 is 16.0 Å². The topological polar surface area (TPSA) is 74.7 Å². The van der Waals surface area contributed by atoms with Gasteiger partial charge in [0.25, 0.3) is 0 Å². The van der Waals surface area contributed by atoms with Crippen LogP contribution in [0.4, 0.5) is 0 Å². The van der Waals surface area contributed by atoms with Crippen LogP contribution in [-0.2, 0) is 14.8 Å². The molecule has 0 aliphatic heterocycles. The predicted molar refractivity (Wildman–Crippen MR) is 44.3 cm³/mol. The van der Waals surface area contributed by atoms with Gasteiger partial charge in [-0.3, -0.25) is 4.79 Å². The van der Waals surface area contributed by atoms with Gasteiger partial charge in [-0.05, 0) is 13.8 Å². The number of hydrogen-bond donors (Lipinski definition) is 1. The largest absolute Gasteiger partial charge is 0.480 e. The lowest BCUT2D eigenvalue weighted by Crippen LogP contribution is -2.50. The number of hydrogen-bond acceptors (Lipinski definition) is 3. The molecule has 0 atom stereocenters. The lowest BCUT2D eigenvalue weighted by molar-refractivity contribution is -0.145. The van der Waals surface area contributed by atoms with E-state index in [0.29, 0.717) is 0 Å². The highest BCUT2D eigenvalue weighted by molar-refractivity contribution is 7.88. The summed E-state index contributed by atoms with van der Waals surface area (Å²) in [6, 6.07) is 0. The minimum atomic E-state index is -3.45. The number of nitrogens with zero attached hydrogens (tertiary/aromatic N) is 1. The quantitative estimate of drug-likeness (QED) is 0.673. The Hall–Kier alpha value is -0.620. The number of carbonyl (C=O) groups is 1. The zero-order valence-corrected chi connectivity index (χ0v) is 8.34. The average Bonchev–Trinajstić information content (AvgIpc) is 1.83. The third-order valence-corrected chi connectivity index (χ3v) is 3.26. The fourth-order valence-corrected chi connectivity index (χ4v) is 1.46. The summed E-state index contributed by atoms with van der Waals surface area (Å²) in [5.41, 5.74) is -1.40. The van der Waals surface area contributed by atoms with Crippen LogP contribution in [0.5, 0.6) is 0 Å². The van der Waals surface area contributed by atoms with Crippen molar-refractivity contribution in [1.29, 1.82) is 0 Å². The van der Waals surface area contributed by atoms with Gasteiger partial charge >= 0.3 is 5.97 Å². The highest BCUT2D eigenvalue weighted by atomic mass is 32.2. The summed E-state index contributed by atoms with van der Waals surface area (Å²) in [6.45, 7) is 2.66. The van der Waals surface area contributed by atoms with Crippen molar-refractivity contribution in [2.24, 2.45) is 0 Å². The first-order valence-electron chi connectivity index (χ1n) is 3.27. The third kappa shape index (κ3) is 2.18. The van der Waals surface area contributed by atoms with Crippen LogP contribution >= 0.6 is 0 Å². The summed E-state index contributed by atoms with van der Waals surface area (Å²) >= 11 is 0. The van der Waals surface area contributed by atoms with E-state index in [1.54, 1.807) is 0 Å². The molecule has 0 fully saturated rings. The zero-order chi connectivity index (χ0) is 10.2. The lowest BCUT2D eigenvalue weighted by Gasteiger charge is -2.28. The molecule has 12 heavy (non-hydrogen) atoms. The normalized spacial score (nSPS) is 13.4. The van der Waals surface area contributed by atoms with E-state index < -0.39 is 21.5 Å². The zero-order valence-electron chi connectivity index (χ0n) is 7.53. The van der Waals surface area contributed by atoms with Crippen molar-refractivity contribution in [1.82, 2.24) is 4.31 Å². The summed E-state index contributed by atoms with van der Waals surface area (Å²) in [4.78, 5) is 10.6. The molecule has 1 N–H and O–H groups in total. The molecule has 0 radical (unpaired) electrons. The SMILES string of the molecule is CN(C(C)(C)C(=O)O)S(C)(=O)=O. The molecule has 0 spiro atoms. The standard InChI is InChI=1S/C6H13NO4S/c1-6(2,5(8)9)7(3)12(4,10)11/h1-4H3,(H,8,9). The molecule has 0 unspecified atom stereocenters. The van der Waals surface area contributed by atoms with Crippen LogP contribution < -0.4 is 0 Å². The van der Waals surface area contributed by atoms with E-state index in [0.717, 1.165) is 10.6 Å². The summed E-state index contributed by atoms with van der Waals surface area (Å²) in [5, 5.41) is 8.67. The van der Waals surface area contributed by atoms with Crippen LogP contribution in [0.3, 0.4) is 0 Å². The van der Waals surface area contributed by atoms with Crippen LogP contribution in [0.1, 0.15) is 13.8 Å². The van der Waals surface area contributed by atoms with Crippen molar-refractivity contribution in [3.63, 3.8) is 0 Å². The van der Waals surface area contributed by atoms with Gasteiger partial charge in [0.2, 0.25) is 10.0 Å². The number of carboxylic acids is 1. The maximum Gasteiger partial charge on any atom is 0.324 e. The van der Waals surface area contributed by atoms with Gasteiger partial charge in [0, 0.05) is 7.05 Å². The van der Waals surface area contributed by atoms with Crippen molar-refractivity contribution in [2.45, 2.75) is 19.4 Å². The molecule has 5 nitrogen and oxygen atoms in total. The monoisotopic (exact) mass is 195 g/mol. The molecular weight excluding hydrogens is 182 g/mol. The Bertz CT molecular complexity index is 280. The fourth-order valence-electron chi connectivity index (χ4n) is 0.549. The Kier molecular flexibility index (Phi) is 2.87. The third-order valence-electron chi connectivity index (χ3n) is 1.81. The molecule has 72 valence electrons. The van der Waals surface area contributed by atoms with Crippen LogP contribution in [0.2, 0.25) is 0 Å². The Balaban J connectivity index is 4.95. The van der Waals surface area contributed by atoms with Crippen molar-refractivity contribution in [2.75, 3.05) is 13.3 Å². The lowest BCUT2D eigenvalue weighted by atomic mass is 10.1. The molecule has 0 aliphatic rings. The summed E-state index contributed by atoms with van der Waals surface area (Å²) in [7, 11) is -2.21. The molecule has 0 aromatic rings. The first-order valence-corrected chi connectivity index (χ1v) is 5.12. The number of likely N-dealkylation sites (N-methyl/N-ethyl adjacent to an activating group) is 1. The molecule has 0 heterocycles. The second kappa shape index (κ2) is 3.02. The van der Waals surface area contributed by atoms with E-state index in [1.807, 2.05) is 0 Å². The van der Waals surface area contributed by atoms with Crippen molar-refractivity contribution < 1.29 is 18.3 Å². The van der Waals surface area contributed by atoms with E-state index in [9.17, 15) is 13.2 Å². The second-order valence-electron chi connectivity index (χ2n) is 3.09. The van der Waals surface area contributed by atoms with E-state index >= 15 is 0 Å². The molecule has 6 heteroatoms. The van der Waals surface area contributed by atoms with Gasteiger partial charge in [0.1, 0.15) is 5.54 Å². The maximum atomic E-state index is 10.9. The van der Waals surface area contributed by atoms with Gasteiger partial charge in [-0.25, -0.2) is 8.42 Å². The van der Waals surface area contributed by atoms with Crippen molar-refractivity contribution in [3.05, 3.63) is 0 Å². The Morgan fingerprint density at radius 1 is 1.42 bits per heavy atom. The predicted octanol–water partition coefficient (Wildman–Crippen LogP) is -0.259. The van der Waals surface area contributed by atoms with Gasteiger partial charge in [-0.2, -0.15) is 4.31 Å². The first kappa shape index (κ1) is 11.4. The van der Waals surface area contributed by atoms with Crippen LogP contribution in [-0.4, -0.2) is 42.6 Å². The van der Waals surface area contributed by atoms with Gasteiger partial charge in [0.05, 0.1) is 6.26 Å². The van der Waals surface area contributed by atoms with E-state index in [2.05, 4.69) is 0 Å². The average molecular weight is 195 g/mol. The van der Waals surface area contributed by atoms with E-state index in [1.165, 1.54) is 20.9 Å². The minimum Gasteiger partial charge on any atom is -0.480 e. The van der Waals surface area contributed by atoms with Crippen molar-refractivity contribution in [3.8, 4) is 0 Å². The first-order chi connectivity index (χ1) is 5.10. The number of carboxylic acid groups (broad SMARTS) is 1. The molecule has 0 amide bonds. The number of aliphatic carboxylic acids is 1. The van der Waals surface area contributed by atoms with Gasteiger partial charge < -0.3 is 5.11 Å². The summed E-state index contributed by atoms with van der Waals surface area (Å²) < 4.78 is 22.7. The second-order valence-corrected chi connectivity index (χ2v) is 5.11. The van der Waals surface area contributed by atoms with Gasteiger partial charge in [-0.15, -0.1) is 0 Å². The summed E-state index contributed by atoms with van der Waals surface area (Å²) in [5.74, 6) is -1.17. The smallest absolute Gasteiger partial charge is 0.324 e. The highest BCUT2D eigenvalue weighted by Crippen LogP contribution is 2.15. The molecule has 0 aromatic heterocycles. The Labute approximate surface area is 72.0 Å². The van der Waals surface area contributed by atoms with Crippen LogP contribution in [0.15, 0.2) is 0 Å². The highest BCUT2D eigenvalue weighted by Gasteiger charge is 2.37. The van der Waals surface area contributed by atoms with E-state index in [-0.39, 0.29) is 0 Å². The van der Waals surface area contributed by atoms with E-state index in [4.69, 9.17) is 5.11 Å². The maximum absolute atomic E-state index is 10.9. The van der Waals surface area contributed by atoms with Gasteiger partial charge in [-0.1, -0.05) is 0 Å². The fraction of sp³-hybridized carbons (Fsp3) is 0.833. The molecule has 0 saturated heterocycles. The molecule has 0 rings (SSSR count). The number of sulfonamides is 1. The Morgan fingerprint density at radius 3 is 1.83 bits per heavy atom. The Morgan fingerprint density at radius 2 is 1.75 bits per heavy atom. The minimum absolute atomic E-state index is 0.822. The van der Waals surface area contributed by atoms with Crippen LogP contribution in [0.25, 0.3) is 0 Å². The number of rotatable bonds is 3. The molecule has 0 aromatic carbocycles. The molecule has 0 saturated carbocycles.